The first-order chi connectivity index (χ1) is 11.9. The zero-order valence-corrected chi connectivity index (χ0v) is 14.9. The molecule has 0 radical (unpaired) electrons. The first-order valence-electron chi connectivity index (χ1n) is 8.66. The molecule has 0 fully saturated rings. The molecule has 2 heterocycles. The van der Waals surface area contributed by atoms with E-state index in [2.05, 4.69) is 14.9 Å². The molecule has 3 rings (SSSR count). The lowest BCUT2D eigenvalue weighted by molar-refractivity contribution is 0.0638. The van der Waals surface area contributed by atoms with Crippen LogP contribution in [0.5, 0.6) is 0 Å². The molecule has 1 aromatic carbocycles. The Kier molecular flexibility index (Phi) is 5.18. The van der Waals surface area contributed by atoms with Crippen LogP contribution in [-0.4, -0.2) is 27.6 Å². The number of halogens is 1. The third-order valence-electron chi connectivity index (χ3n) is 4.33. The number of imidazole rings is 1. The van der Waals surface area contributed by atoms with Crippen LogP contribution in [0.2, 0.25) is 0 Å². The molecule has 134 valence electrons. The van der Waals surface area contributed by atoms with Crippen LogP contribution in [0.1, 0.15) is 47.7 Å². The number of nitrogens with one attached hydrogen (secondary N) is 1. The second-order valence-electron chi connectivity index (χ2n) is 6.83. The summed E-state index contributed by atoms with van der Waals surface area (Å²) in [5.74, 6) is 0.530. The van der Waals surface area contributed by atoms with Crippen molar-refractivity contribution in [2.75, 3.05) is 0 Å². The molecule has 0 saturated carbocycles. The van der Waals surface area contributed by atoms with E-state index in [4.69, 9.17) is 4.74 Å². The molecule has 6 heteroatoms. The van der Waals surface area contributed by atoms with E-state index in [9.17, 15) is 9.18 Å². The van der Waals surface area contributed by atoms with E-state index in [0.29, 0.717) is 17.7 Å². The largest absolute Gasteiger partial charge is 0.374 e. The number of aryl methyl sites for hydroxylation is 2. The van der Waals surface area contributed by atoms with Crippen LogP contribution >= 0.6 is 0 Å². The van der Waals surface area contributed by atoms with Gasteiger partial charge in [-0.2, -0.15) is 0 Å². The summed E-state index contributed by atoms with van der Waals surface area (Å²) in [6, 6.07) is 4.46. The summed E-state index contributed by atoms with van der Waals surface area (Å²) in [5.41, 5.74) is 1.85. The van der Waals surface area contributed by atoms with E-state index < -0.39 is 0 Å². The third kappa shape index (κ3) is 4.25. The van der Waals surface area contributed by atoms with Crippen LogP contribution in [0.15, 0.2) is 24.4 Å². The normalized spacial score (nSPS) is 16.8. The van der Waals surface area contributed by atoms with Gasteiger partial charge >= 0.3 is 0 Å². The topological polar surface area (TPSA) is 56.2 Å². The average molecular weight is 345 g/mol. The van der Waals surface area contributed by atoms with E-state index in [1.807, 2.05) is 27.0 Å². The van der Waals surface area contributed by atoms with Crippen molar-refractivity contribution >= 4 is 5.91 Å². The Morgan fingerprint density at radius 3 is 3.04 bits per heavy atom. The number of amides is 1. The van der Waals surface area contributed by atoms with Gasteiger partial charge in [0, 0.05) is 36.3 Å². The zero-order chi connectivity index (χ0) is 18.0. The van der Waals surface area contributed by atoms with Gasteiger partial charge in [0.1, 0.15) is 11.6 Å². The van der Waals surface area contributed by atoms with Crippen LogP contribution in [0, 0.1) is 12.7 Å². The lowest BCUT2D eigenvalue weighted by Gasteiger charge is -2.24. The maximum atomic E-state index is 13.9. The molecule has 1 N–H and O–H groups in total. The van der Waals surface area contributed by atoms with Crippen molar-refractivity contribution in [1.82, 2.24) is 14.9 Å². The standard InChI is InChI=1S/C19H24FN3O2/c1-12(2)25-11-15-8-14(4-6-17(15)20)19(24)22-16-5-7-18-21-13(3)9-23(18)10-16/h4,6,8-9,12,16H,5,7,10-11H2,1-3H3,(H,22,24)/t16-/m0/s1. The first-order valence-corrected chi connectivity index (χ1v) is 8.66. The molecule has 1 atom stereocenters. The van der Waals surface area contributed by atoms with Gasteiger partial charge in [0.25, 0.3) is 5.91 Å². The van der Waals surface area contributed by atoms with Gasteiger partial charge in [-0.3, -0.25) is 4.79 Å². The average Bonchev–Trinajstić information content (AvgIpc) is 2.93. The van der Waals surface area contributed by atoms with Crippen molar-refractivity contribution in [3.8, 4) is 0 Å². The van der Waals surface area contributed by atoms with Crippen LogP contribution in [-0.2, 0) is 24.3 Å². The number of benzene rings is 1. The molecule has 0 spiro atoms. The minimum Gasteiger partial charge on any atom is -0.374 e. The molecule has 1 aliphatic rings. The van der Waals surface area contributed by atoms with Gasteiger partial charge in [0.2, 0.25) is 0 Å². The number of ether oxygens (including phenoxy) is 1. The lowest BCUT2D eigenvalue weighted by Crippen LogP contribution is -2.40. The van der Waals surface area contributed by atoms with Crippen molar-refractivity contribution in [1.29, 1.82) is 0 Å². The predicted octanol–water partition coefficient (Wildman–Crippen LogP) is 3.00. The van der Waals surface area contributed by atoms with Gasteiger partial charge in [-0.1, -0.05) is 0 Å². The Bertz CT molecular complexity index is 770. The fraction of sp³-hybridized carbons (Fsp3) is 0.474. The molecule has 0 unspecified atom stereocenters. The lowest BCUT2D eigenvalue weighted by atomic mass is 10.1. The van der Waals surface area contributed by atoms with E-state index in [-0.39, 0.29) is 30.5 Å². The van der Waals surface area contributed by atoms with Crippen LogP contribution in [0.25, 0.3) is 0 Å². The quantitative estimate of drug-likeness (QED) is 0.906. The second-order valence-corrected chi connectivity index (χ2v) is 6.83. The predicted molar refractivity (Wildman–Crippen MR) is 92.9 cm³/mol. The molecule has 0 bridgehead atoms. The van der Waals surface area contributed by atoms with E-state index in [0.717, 1.165) is 24.4 Å². The smallest absolute Gasteiger partial charge is 0.251 e. The molecule has 1 aromatic heterocycles. The Balaban J connectivity index is 1.66. The van der Waals surface area contributed by atoms with Crippen molar-refractivity contribution in [2.45, 2.75) is 58.9 Å². The van der Waals surface area contributed by atoms with Crippen molar-refractivity contribution in [2.24, 2.45) is 0 Å². The van der Waals surface area contributed by atoms with Crippen molar-refractivity contribution < 1.29 is 13.9 Å². The van der Waals surface area contributed by atoms with Gasteiger partial charge < -0.3 is 14.6 Å². The molecule has 1 aliphatic heterocycles. The third-order valence-corrected chi connectivity index (χ3v) is 4.33. The van der Waals surface area contributed by atoms with Gasteiger partial charge in [0.15, 0.2) is 0 Å². The van der Waals surface area contributed by atoms with E-state index in [1.165, 1.54) is 12.1 Å². The maximum Gasteiger partial charge on any atom is 0.251 e. The zero-order valence-electron chi connectivity index (χ0n) is 14.9. The Morgan fingerprint density at radius 1 is 1.48 bits per heavy atom. The molecule has 0 aliphatic carbocycles. The number of rotatable bonds is 5. The number of carbonyl (C=O) groups is 1. The summed E-state index contributed by atoms with van der Waals surface area (Å²) in [6.45, 7) is 6.63. The monoisotopic (exact) mass is 345 g/mol. The van der Waals surface area contributed by atoms with Crippen LogP contribution in [0.4, 0.5) is 4.39 Å². The molecular weight excluding hydrogens is 321 g/mol. The highest BCUT2D eigenvalue weighted by atomic mass is 19.1. The number of nitrogens with zero attached hydrogens (tertiary/aromatic N) is 2. The summed E-state index contributed by atoms with van der Waals surface area (Å²) < 4.78 is 21.4. The number of carbonyl (C=O) groups excluding carboxylic acids is 1. The highest BCUT2D eigenvalue weighted by Crippen LogP contribution is 2.17. The molecule has 5 nitrogen and oxygen atoms in total. The summed E-state index contributed by atoms with van der Waals surface area (Å²) in [6.07, 6.45) is 3.71. The maximum absolute atomic E-state index is 13.9. The van der Waals surface area contributed by atoms with Gasteiger partial charge in [-0.25, -0.2) is 9.37 Å². The minimum absolute atomic E-state index is 0.00644. The van der Waals surface area contributed by atoms with Gasteiger partial charge in [-0.15, -0.1) is 0 Å². The van der Waals surface area contributed by atoms with Crippen LogP contribution < -0.4 is 5.32 Å². The van der Waals surface area contributed by atoms with Gasteiger partial charge in [-0.05, 0) is 45.4 Å². The number of aromatic nitrogens is 2. The number of fused-ring (bicyclic) bond motifs is 1. The van der Waals surface area contributed by atoms with E-state index in [1.54, 1.807) is 6.07 Å². The van der Waals surface area contributed by atoms with Crippen molar-refractivity contribution in [3.63, 3.8) is 0 Å². The summed E-state index contributed by atoms with van der Waals surface area (Å²) >= 11 is 0. The molecular formula is C19H24FN3O2. The molecule has 25 heavy (non-hydrogen) atoms. The van der Waals surface area contributed by atoms with Crippen LogP contribution in [0.3, 0.4) is 0 Å². The molecule has 0 saturated heterocycles. The fourth-order valence-electron chi connectivity index (χ4n) is 3.06. The summed E-state index contributed by atoms with van der Waals surface area (Å²) in [5, 5.41) is 3.05. The Morgan fingerprint density at radius 2 is 2.28 bits per heavy atom. The Hall–Kier alpha value is -2.21. The van der Waals surface area contributed by atoms with E-state index >= 15 is 0 Å². The highest BCUT2D eigenvalue weighted by molar-refractivity contribution is 5.94. The Labute approximate surface area is 147 Å². The fourth-order valence-corrected chi connectivity index (χ4v) is 3.06. The number of hydrogen-bond donors (Lipinski definition) is 1. The summed E-state index contributed by atoms with van der Waals surface area (Å²) in [4.78, 5) is 17.0. The summed E-state index contributed by atoms with van der Waals surface area (Å²) in [7, 11) is 0. The van der Waals surface area contributed by atoms with Gasteiger partial charge in [0.05, 0.1) is 18.4 Å². The second kappa shape index (κ2) is 7.35. The SMILES string of the molecule is Cc1cn2c(n1)CC[C@H](NC(=O)c1ccc(F)c(COC(C)C)c1)C2. The minimum atomic E-state index is -0.353. The number of hydrogen-bond acceptors (Lipinski definition) is 3. The molecule has 2 aromatic rings. The van der Waals surface area contributed by atoms with Crippen molar-refractivity contribution in [3.05, 3.63) is 52.9 Å². The molecule has 1 amide bonds. The highest BCUT2D eigenvalue weighted by Gasteiger charge is 2.22. The first kappa shape index (κ1) is 17.6.